The van der Waals surface area contributed by atoms with E-state index in [9.17, 15) is 14.7 Å². The van der Waals surface area contributed by atoms with Crippen molar-refractivity contribution in [2.45, 2.75) is 46.3 Å². The smallest absolute Gasteiger partial charge is 0.361 e. The van der Waals surface area contributed by atoms with Crippen LogP contribution >= 0.6 is 7.60 Å². The molecule has 1 heterocycles. The van der Waals surface area contributed by atoms with Crippen LogP contribution in [0.15, 0.2) is 35.3 Å². The fraction of sp³-hybridized carbons (Fsp3) is 0.556. The summed E-state index contributed by atoms with van der Waals surface area (Å²) in [5.41, 5.74) is 0.759. The Morgan fingerprint density at radius 1 is 1.15 bits per heavy atom. The normalized spacial score (nSPS) is 20.4. The van der Waals surface area contributed by atoms with Gasteiger partial charge in [-0.3, -0.25) is 14.7 Å². The van der Waals surface area contributed by atoms with Gasteiger partial charge in [0.2, 0.25) is 0 Å². The summed E-state index contributed by atoms with van der Waals surface area (Å²) >= 11 is 0. The lowest BCUT2D eigenvalue weighted by Crippen LogP contribution is -2.27. The van der Waals surface area contributed by atoms with Crippen LogP contribution in [0, 0.1) is 10.1 Å². The molecule has 0 radical (unpaired) electrons. The van der Waals surface area contributed by atoms with E-state index in [2.05, 4.69) is 0 Å². The largest absolute Gasteiger partial charge is 0.469 e. The molecular weight excluding hydrogens is 373 g/mol. The van der Waals surface area contributed by atoms with E-state index < -0.39 is 18.8 Å². The van der Waals surface area contributed by atoms with Crippen LogP contribution in [0.2, 0.25) is 0 Å². The van der Waals surface area contributed by atoms with Gasteiger partial charge in [-0.05, 0) is 33.3 Å². The van der Waals surface area contributed by atoms with Crippen molar-refractivity contribution in [3.05, 3.63) is 51.0 Å². The van der Waals surface area contributed by atoms with Crippen molar-refractivity contribution in [1.82, 2.24) is 0 Å². The molecule has 2 unspecified atom stereocenters. The lowest BCUT2D eigenvalue weighted by atomic mass is 9.92. The van der Waals surface area contributed by atoms with Crippen LogP contribution in [0.1, 0.15) is 45.6 Å². The number of nitro benzene ring substituents is 1. The maximum atomic E-state index is 13.5. The van der Waals surface area contributed by atoms with Gasteiger partial charge >= 0.3 is 7.60 Å². The van der Waals surface area contributed by atoms with Crippen molar-refractivity contribution in [3.63, 3.8) is 0 Å². The predicted molar refractivity (Wildman–Crippen MR) is 101 cm³/mol. The van der Waals surface area contributed by atoms with Crippen LogP contribution in [0.25, 0.3) is 0 Å². The molecule has 0 fully saturated rings. The minimum absolute atomic E-state index is 0.00721. The van der Waals surface area contributed by atoms with E-state index in [-0.39, 0.29) is 24.8 Å². The minimum Gasteiger partial charge on any atom is -0.469 e. The highest BCUT2D eigenvalue weighted by molar-refractivity contribution is 7.58. The van der Waals surface area contributed by atoms with E-state index >= 15 is 0 Å². The summed E-state index contributed by atoms with van der Waals surface area (Å²) in [6.45, 7) is 7.97. The number of ether oxygens (including phenoxy) is 2. The molecule has 1 aromatic rings. The number of nitrogens with zero attached hydrogens (tertiary/aromatic N) is 1. The topological polar surface area (TPSA) is 97.1 Å². The molecule has 0 N–H and O–H groups in total. The van der Waals surface area contributed by atoms with Gasteiger partial charge in [-0.1, -0.05) is 12.1 Å². The van der Waals surface area contributed by atoms with Gasteiger partial charge in [0, 0.05) is 31.1 Å². The first-order chi connectivity index (χ1) is 12.9. The van der Waals surface area contributed by atoms with Crippen LogP contribution in [0.5, 0.6) is 0 Å². The molecule has 2 atom stereocenters. The van der Waals surface area contributed by atoms with Gasteiger partial charge in [-0.25, -0.2) is 0 Å². The average Bonchev–Trinajstić information content (AvgIpc) is 2.61. The number of rotatable bonds is 9. The number of hydrogen-bond acceptors (Lipinski definition) is 7. The summed E-state index contributed by atoms with van der Waals surface area (Å²) in [6, 6.07) is 6.18. The zero-order chi connectivity index (χ0) is 20.0. The zero-order valence-electron chi connectivity index (χ0n) is 16.0. The summed E-state index contributed by atoms with van der Waals surface area (Å²) in [5, 5.41) is 11.4. The van der Waals surface area contributed by atoms with Crippen molar-refractivity contribution < 1.29 is 28.0 Å². The van der Waals surface area contributed by atoms with Crippen LogP contribution in [0.3, 0.4) is 0 Å². The lowest BCUT2D eigenvalue weighted by Gasteiger charge is -2.35. The molecule has 2 rings (SSSR count). The van der Waals surface area contributed by atoms with Crippen molar-refractivity contribution >= 4 is 13.3 Å². The SMILES string of the molecule is CCOC1CC(c2ccc([N+](=O)[O-])cc2)C(P(=O)(OCC)OCC)=C(C)O1. The molecule has 0 aliphatic carbocycles. The number of non-ortho nitro benzene ring substituents is 1. The maximum Gasteiger partial charge on any atom is 0.361 e. The molecule has 0 amide bonds. The Hall–Kier alpha value is -1.73. The van der Waals surface area contributed by atoms with E-state index in [1.54, 1.807) is 32.9 Å². The summed E-state index contributed by atoms with van der Waals surface area (Å²) in [7, 11) is -3.58. The molecule has 0 bridgehead atoms. The Balaban J connectivity index is 2.52. The Morgan fingerprint density at radius 2 is 1.74 bits per heavy atom. The summed E-state index contributed by atoms with van der Waals surface area (Å²) in [6.07, 6.45) is -0.0988. The Labute approximate surface area is 159 Å². The van der Waals surface area contributed by atoms with Crippen molar-refractivity contribution in [2.24, 2.45) is 0 Å². The average molecular weight is 399 g/mol. The van der Waals surface area contributed by atoms with E-state index in [0.717, 1.165) is 5.56 Å². The van der Waals surface area contributed by atoms with E-state index in [4.69, 9.17) is 18.5 Å². The molecule has 9 heteroatoms. The first kappa shape index (κ1) is 21.6. The standard InChI is InChI=1S/C18H26NO7P/c1-5-23-17-12-16(14-8-10-15(11-9-14)19(20)21)18(13(4)26-17)27(22,24-6-2)25-7-3/h8-11,16-17H,5-7,12H2,1-4H3. The molecule has 0 saturated heterocycles. The molecule has 150 valence electrons. The van der Waals surface area contributed by atoms with Crippen molar-refractivity contribution in [2.75, 3.05) is 19.8 Å². The maximum absolute atomic E-state index is 13.5. The fourth-order valence-corrected chi connectivity index (χ4v) is 5.27. The highest BCUT2D eigenvalue weighted by Crippen LogP contribution is 2.64. The number of nitro groups is 1. The Morgan fingerprint density at radius 3 is 2.22 bits per heavy atom. The van der Waals surface area contributed by atoms with Crippen molar-refractivity contribution in [3.8, 4) is 0 Å². The molecule has 0 saturated carbocycles. The quantitative estimate of drug-likeness (QED) is 0.329. The second-order valence-electron chi connectivity index (χ2n) is 5.91. The van der Waals surface area contributed by atoms with Gasteiger partial charge in [0.1, 0.15) is 5.76 Å². The van der Waals surface area contributed by atoms with Gasteiger partial charge in [-0.2, -0.15) is 0 Å². The highest BCUT2D eigenvalue weighted by Gasteiger charge is 2.43. The second kappa shape index (κ2) is 9.46. The molecular formula is C18H26NO7P. The molecule has 8 nitrogen and oxygen atoms in total. The van der Waals surface area contributed by atoms with Crippen LogP contribution in [-0.2, 0) is 23.1 Å². The Bertz CT molecular complexity index is 722. The minimum atomic E-state index is -3.58. The predicted octanol–water partition coefficient (Wildman–Crippen LogP) is 4.96. The van der Waals surface area contributed by atoms with Crippen molar-refractivity contribution in [1.29, 1.82) is 0 Å². The molecule has 27 heavy (non-hydrogen) atoms. The number of hydrogen-bond donors (Lipinski definition) is 0. The van der Waals surface area contributed by atoms with E-state index in [1.165, 1.54) is 12.1 Å². The monoisotopic (exact) mass is 399 g/mol. The van der Waals surface area contributed by atoms with Gasteiger partial charge < -0.3 is 18.5 Å². The Kier molecular flexibility index (Phi) is 7.56. The highest BCUT2D eigenvalue weighted by atomic mass is 31.2. The molecule has 0 aromatic heterocycles. The third-order valence-corrected chi connectivity index (χ3v) is 6.59. The summed E-state index contributed by atoms with van der Waals surface area (Å²) in [5.74, 6) is 0.0772. The zero-order valence-corrected chi connectivity index (χ0v) is 16.9. The third kappa shape index (κ3) is 4.96. The molecule has 0 spiro atoms. The van der Waals surface area contributed by atoms with Gasteiger partial charge in [-0.15, -0.1) is 0 Å². The van der Waals surface area contributed by atoms with E-state index in [1.807, 2.05) is 6.92 Å². The van der Waals surface area contributed by atoms with Gasteiger partial charge in [0.15, 0.2) is 6.29 Å². The van der Waals surface area contributed by atoms with Gasteiger partial charge in [0.05, 0.1) is 23.5 Å². The van der Waals surface area contributed by atoms with Gasteiger partial charge in [0.25, 0.3) is 5.69 Å². The first-order valence-electron chi connectivity index (χ1n) is 8.99. The third-order valence-electron chi connectivity index (χ3n) is 4.18. The lowest BCUT2D eigenvalue weighted by molar-refractivity contribution is -0.384. The fourth-order valence-electron chi connectivity index (χ4n) is 3.17. The number of allylic oxidation sites excluding steroid dienone is 2. The summed E-state index contributed by atoms with van der Waals surface area (Å²) < 4.78 is 36.0. The van der Waals surface area contributed by atoms with E-state index in [0.29, 0.717) is 24.1 Å². The number of benzene rings is 1. The molecule has 1 aliphatic heterocycles. The molecule has 1 aliphatic rings. The van der Waals surface area contributed by atoms with Crippen LogP contribution in [0.4, 0.5) is 5.69 Å². The van der Waals surface area contributed by atoms with Crippen LogP contribution < -0.4 is 0 Å². The first-order valence-corrected chi connectivity index (χ1v) is 10.5. The van der Waals surface area contributed by atoms with Crippen LogP contribution in [-0.4, -0.2) is 31.0 Å². The second-order valence-corrected chi connectivity index (χ2v) is 7.91. The molecule has 1 aromatic carbocycles. The summed E-state index contributed by atoms with van der Waals surface area (Å²) in [4.78, 5) is 10.5.